The molecule has 21 heavy (non-hydrogen) atoms. The number of halogens is 1. The van der Waals surface area contributed by atoms with Crippen LogP contribution in [-0.4, -0.2) is 9.55 Å². The van der Waals surface area contributed by atoms with Crippen molar-refractivity contribution in [1.29, 1.82) is 0 Å². The second kappa shape index (κ2) is 5.74. The van der Waals surface area contributed by atoms with Crippen molar-refractivity contribution < 1.29 is 0 Å². The van der Waals surface area contributed by atoms with E-state index in [4.69, 9.17) is 0 Å². The molecule has 0 radical (unpaired) electrons. The van der Waals surface area contributed by atoms with Gasteiger partial charge in [0.15, 0.2) is 0 Å². The van der Waals surface area contributed by atoms with Gasteiger partial charge in [0.1, 0.15) is 0 Å². The first-order valence-corrected chi connectivity index (χ1v) is 7.57. The number of para-hydroxylation sites is 1. The SMILES string of the molecule is Cc1cc(Br)cc(Nc2nc(C)cn2-c2ccccc2)c1. The second-order valence-corrected chi connectivity index (χ2v) is 5.97. The van der Waals surface area contributed by atoms with E-state index in [9.17, 15) is 0 Å². The van der Waals surface area contributed by atoms with E-state index in [0.717, 1.165) is 27.5 Å². The lowest BCUT2D eigenvalue weighted by Crippen LogP contribution is -2.01. The summed E-state index contributed by atoms with van der Waals surface area (Å²) < 4.78 is 3.12. The molecule has 0 bridgehead atoms. The topological polar surface area (TPSA) is 29.9 Å². The maximum Gasteiger partial charge on any atom is 0.212 e. The van der Waals surface area contributed by atoms with Crippen molar-refractivity contribution in [1.82, 2.24) is 9.55 Å². The maximum atomic E-state index is 4.58. The summed E-state index contributed by atoms with van der Waals surface area (Å²) in [6.07, 6.45) is 2.03. The zero-order valence-electron chi connectivity index (χ0n) is 12.0. The van der Waals surface area contributed by atoms with E-state index in [1.807, 2.05) is 37.4 Å². The minimum atomic E-state index is 0.816. The Balaban J connectivity index is 1.99. The molecule has 0 amide bonds. The summed E-state index contributed by atoms with van der Waals surface area (Å²) in [5.41, 5.74) is 4.28. The smallest absolute Gasteiger partial charge is 0.212 e. The number of hydrogen-bond acceptors (Lipinski definition) is 2. The monoisotopic (exact) mass is 341 g/mol. The van der Waals surface area contributed by atoms with E-state index in [1.54, 1.807) is 0 Å². The van der Waals surface area contributed by atoms with Crippen LogP contribution < -0.4 is 5.32 Å². The molecular formula is C17H16BrN3. The third kappa shape index (κ3) is 3.16. The van der Waals surface area contributed by atoms with E-state index in [-0.39, 0.29) is 0 Å². The molecule has 0 aliphatic heterocycles. The number of benzene rings is 2. The number of aryl methyl sites for hydroxylation is 2. The molecule has 0 aliphatic rings. The van der Waals surface area contributed by atoms with Gasteiger partial charge in [0.2, 0.25) is 5.95 Å². The standard InChI is InChI=1S/C17H16BrN3/c1-12-8-14(18)10-15(9-12)20-17-19-13(2)11-21(17)16-6-4-3-5-7-16/h3-11H,1-2H3,(H,19,20). The van der Waals surface area contributed by atoms with Crippen LogP contribution >= 0.6 is 15.9 Å². The van der Waals surface area contributed by atoms with Crippen molar-refractivity contribution in [2.24, 2.45) is 0 Å². The first kappa shape index (κ1) is 13.9. The van der Waals surface area contributed by atoms with Crippen LogP contribution in [0.4, 0.5) is 11.6 Å². The highest BCUT2D eigenvalue weighted by Gasteiger charge is 2.08. The van der Waals surface area contributed by atoms with E-state index in [2.05, 4.69) is 62.0 Å². The van der Waals surface area contributed by atoms with Gasteiger partial charge >= 0.3 is 0 Å². The van der Waals surface area contributed by atoms with Gasteiger partial charge in [-0.05, 0) is 49.7 Å². The predicted molar refractivity (Wildman–Crippen MR) is 90.5 cm³/mol. The highest BCUT2D eigenvalue weighted by Crippen LogP contribution is 2.24. The van der Waals surface area contributed by atoms with Crippen LogP contribution in [-0.2, 0) is 0 Å². The minimum Gasteiger partial charge on any atom is -0.325 e. The first-order valence-electron chi connectivity index (χ1n) is 6.77. The highest BCUT2D eigenvalue weighted by atomic mass is 79.9. The summed E-state index contributed by atoms with van der Waals surface area (Å²) in [5.74, 6) is 0.816. The van der Waals surface area contributed by atoms with Gasteiger partial charge in [-0.3, -0.25) is 4.57 Å². The number of nitrogens with one attached hydrogen (secondary N) is 1. The van der Waals surface area contributed by atoms with E-state index in [0.29, 0.717) is 0 Å². The first-order chi connectivity index (χ1) is 10.1. The van der Waals surface area contributed by atoms with Gasteiger partial charge in [-0.2, -0.15) is 0 Å². The van der Waals surface area contributed by atoms with Crippen molar-refractivity contribution >= 4 is 27.6 Å². The quantitative estimate of drug-likeness (QED) is 0.726. The molecule has 0 unspecified atom stereocenters. The van der Waals surface area contributed by atoms with Crippen molar-refractivity contribution in [3.05, 3.63) is 70.5 Å². The van der Waals surface area contributed by atoms with E-state index < -0.39 is 0 Å². The fourth-order valence-electron chi connectivity index (χ4n) is 2.31. The molecule has 1 N–H and O–H groups in total. The van der Waals surface area contributed by atoms with Gasteiger partial charge in [-0.25, -0.2) is 4.98 Å². The van der Waals surface area contributed by atoms with Gasteiger partial charge < -0.3 is 5.32 Å². The molecule has 106 valence electrons. The molecule has 0 aliphatic carbocycles. The fourth-order valence-corrected chi connectivity index (χ4v) is 2.92. The molecule has 0 fully saturated rings. The zero-order valence-corrected chi connectivity index (χ0v) is 13.6. The van der Waals surface area contributed by atoms with Crippen LogP contribution in [0.2, 0.25) is 0 Å². The highest BCUT2D eigenvalue weighted by molar-refractivity contribution is 9.10. The van der Waals surface area contributed by atoms with Crippen molar-refractivity contribution in [2.75, 3.05) is 5.32 Å². The third-order valence-electron chi connectivity index (χ3n) is 3.16. The van der Waals surface area contributed by atoms with Crippen molar-refractivity contribution in [3.8, 4) is 5.69 Å². The largest absolute Gasteiger partial charge is 0.325 e. The molecule has 0 atom stereocenters. The van der Waals surface area contributed by atoms with E-state index in [1.165, 1.54) is 5.56 Å². The Morgan fingerprint density at radius 1 is 1.05 bits per heavy atom. The normalized spacial score (nSPS) is 10.6. The van der Waals surface area contributed by atoms with Crippen LogP contribution in [0, 0.1) is 13.8 Å². The Morgan fingerprint density at radius 2 is 1.81 bits per heavy atom. The molecule has 0 spiro atoms. The molecule has 3 rings (SSSR count). The number of rotatable bonds is 3. The molecule has 0 saturated heterocycles. The minimum absolute atomic E-state index is 0.816. The van der Waals surface area contributed by atoms with Crippen LogP contribution in [0.5, 0.6) is 0 Å². The summed E-state index contributed by atoms with van der Waals surface area (Å²) in [7, 11) is 0. The average Bonchev–Trinajstić information content (AvgIpc) is 2.79. The van der Waals surface area contributed by atoms with Gasteiger partial charge in [0.05, 0.1) is 5.69 Å². The van der Waals surface area contributed by atoms with Crippen LogP contribution in [0.3, 0.4) is 0 Å². The summed E-state index contributed by atoms with van der Waals surface area (Å²) in [6.45, 7) is 4.07. The second-order valence-electron chi connectivity index (χ2n) is 5.05. The van der Waals surface area contributed by atoms with E-state index >= 15 is 0 Å². The number of nitrogens with zero attached hydrogens (tertiary/aromatic N) is 2. The summed E-state index contributed by atoms with van der Waals surface area (Å²) in [4.78, 5) is 4.58. The lowest BCUT2D eigenvalue weighted by atomic mass is 10.2. The molecular weight excluding hydrogens is 326 g/mol. The third-order valence-corrected chi connectivity index (χ3v) is 3.62. The number of anilines is 2. The molecule has 2 aromatic carbocycles. The molecule has 3 nitrogen and oxygen atoms in total. The summed E-state index contributed by atoms with van der Waals surface area (Å²) in [6, 6.07) is 16.4. The lowest BCUT2D eigenvalue weighted by molar-refractivity contribution is 1.06. The number of hydrogen-bond donors (Lipinski definition) is 1. The zero-order chi connectivity index (χ0) is 14.8. The van der Waals surface area contributed by atoms with Crippen LogP contribution in [0.1, 0.15) is 11.3 Å². The van der Waals surface area contributed by atoms with Crippen LogP contribution in [0.15, 0.2) is 59.2 Å². The molecule has 4 heteroatoms. The average molecular weight is 342 g/mol. The summed E-state index contributed by atoms with van der Waals surface area (Å²) in [5, 5.41) is 3.40. The molecule has 1 heterocycles. The van der Waals surface area contributed by atoms with Crippen LogP contribution in [0.25, 0.3) is 5.69 Å². The molecule has 1 aromatic heterocycles. The van der Waals surface area contributed by atoms with Gasteiger partial charge in [0, 0.05) is 22.0 Å². The lowest BCUT2D eigenvalue weighted by Gasteiger charge is -2.10. The Morgan fingerprint density at radius 3 is 2.52 bits per heavy atom. The fraction of sp³-hybridized carbons (Fsp3) is 0.118. The van der Waals surface area contributed by atoms with Crippen molar-refractivity contribution in [2.45, 2.75) is 13.8 Å². The van der Waals surface area contributed by atoms with Gasteiger partial charge in [-0.15, -0.1) is 0 Å². The Bertz CT molecular complexity index is 743. The molecule has 0 saturated carbocycles. The molecule has 3 aromatic rings. The Kier molecular flexibility index (Phi) is 3.80. The Hall–Kier alpha value is -2.07. The number of imidazole rings is 1. The summed E-state index contributed by atoms with van der Waals surface area (Å²) >= 11 is 3.53. The van der Waals surface area contributed by atoms with Crippen molar-refractivity contribution in [3.63, 3.8) is 0 Å². The maximum absolute atomic E-state index is 4.58. The van der Waals surface area contributed by atoms with Gasteiger partial charge in [0.25, 0.3) is 0 Å². The predicted octanol–water partition coefficient (Wildman–Crippen LogP) is 5.00. The number of aromatic nitrogens is 2. The van der Waals surface area contributed by atoms with Gasteiger partial charge in [-0.1, -0.05) is 34.1 Å². The Labute approximate surface area is 132 Å².